The highest BCUT2D eigenvalue weighted by atomic mass is 79.9. The summed E-state index contributed by atoms with van der Waals surface area (Å²) >= 11 is 2.96. The van der Waals surface area contributed by atoms with E-state index in [1.165, 1.54) is 6.20 Å². The Labute approximate surface area is 70.0 Å². The fraction of sp³-hybridized carbons (Fsp3) is 0. The molecule has 0 atom stereocenters. The molecule has 0 aliphatic rings. The second-order valence-electron chi connectivity index (χ2n) is 1.73. The fourth-order valence-corrected chi connectivity index (χ4v) is 0.866. The number of aromatic nitrogens is 1. The number of rotatable bonds is 1. The first-order valence-corrected chi connectivity index (χ1v) is 3.37. The Bertz CT molecular complexity index is 302. The standard InChI is InChI=1S/C5H2BrN2O3/c6-3-1-4(8(10)11)5(9)7-2-3/h1-2H. The molecule has 1 radical (unpaired) electrons. The van der Waals surface area contributed by atoms with Crippen molar-refractivity contribution in [3.63, 3.8) is 0 Å². The molecule has 1 rings (SSSR count). The highest BCUT2D eigenvalue weighted by Crippen LogP contribution is 2.25. The average molecular weight is 218 g/mol. The number of hydrogen-bond donors (Lipinski definition) is 0. The second kappa shape index (κ2) is 2.83. The summed E-state index contributed by atoms with van der Waals surface area (Å²) in [6, 6.07) is 1.12. The van der Waals surface area contributed by atoms with Gasteiger partial charge in [0.25, 0.3) is 0 Å². The molecular weight excluding hydrogens is 216 g/mol. The lowest BCUT2D eigenvalue weighted by Gasteiger charge is -1.91. The van der Waals surface area contributed by atoms with Crippen LogP contribution in [-0.2, 0) is 5.11 Å². The summed E-state index contributed by atoms with van der Waals surface area (Å²) in [5, 5.41) is 20.8. The molecular formula is C5H2BrN2O3. The van der Waals surface area contributed by atoms with Gasteiger partial charge in [0.1, 0.15) is 0 Å². The quantitative estimate of drug-likeness (QED) is 0.533. The summed E-state index contributed by atoms with van der Waals surface area (Å²) in [7, 11) is 0. The van der Waals surface area contributed by atoms with Gasteiger partial charge in [-0.2, -0.15) is 0 Å². The van der Waals surface area contributed by atoms with Crippen molar-refractivity contribution in [2.45, 2.75) is 0 Å². The van der Waals surface area contributed by atoms with E-state index in [1.54, 1.807) is 0 Å². The summed E-state index contributed by atoms with van der Waals surface area (Å²) in [6.07, 6.45) is 1.22. The van der Waals surface area contributed by atoms with E-state index in [4.69, 9.17) is 0 Å². The van der Waals surface area contributed by atoms with Crippen LogP contribution in [-0.4, -0.2) is 9.91 Å². The van der Waals surface area contributed by atoms with Crippen LogP contribution < -0.4 is 0 Å². The molecule has 1 aromatic rings. The summed E-state index contributed by atoms with van der Waals surface area (Å²) in [4.78, 5) is 12.6. The van der Waals surface area contributed by atoms with Crippen molar-refractivity contribution < 1.29 is 10.0 Å². The SMILES string of the molecule is [O]c1ncc(Br)cc1[N+](=O)[O-]. The normalized spacial score (nSPS) is 9.55. The third-order valence-electron chi connectivity index (χ3n) is 0.996. The van der Waals surface area contributed by atoms with Crippen LogP contribution >= 0.6 is 15.9 Å². The largest absolute Gasteiger partial charge is 0.347 e. The first-order valence-electron chi connectivity index (χ1n) is 2.58. The van der Waals surface area contributed by atoms with Gasteiger partial charge in [0.15, 0.2) is 0 Å². The zero-order valence-corrected chi connectivity index (χ0v) is 6.74. The van der Waals surface area contributed by atoms with Gasteiger partial charge in [-0.25, -0.2) is 4.98 Å². The van der Waals surface area contributed by atoms with E-state index >= 15 is 0 Å². The molecule has 0 aromatic carbocycles. The van der Waals surface area contributed by atoms with Gasteiger partial charge >= 0.3 is 11.6 Å². The van der Waals surface area contributed by atoms with Crippen molar-refractivity contribution in [2.24, 2.45) is 0 Å². The van der Waals surface area contributed by atoms with E-state index < -0.39 is 16.5 Å². The predicted molar refractivity (Wildman–Crippen MR) is 38.7 cm³/mol. The number of hydrogen-bond acceptors (Lipinski definition) is 3. The van der Waals surface area contributed by atoms with Crippen LogP contribution in [0, 0.1) is 10.1 Å². The Morgan fingerprint density at radius 1 is 1.64 bits per heavy atom. The van der Waals surface area contributed by atoms with Crippen LogP contribution in [0.1, 0.15) is 0 Å². The highest BCUT2D eigenvalue weighted by molar-refractivity contribution is 9.10. The number of nitrogens with zero attached hydrogens (tertiary/aromatic N) is 2. The zero-order valence-electron chi connectivity index (χ0n) is 5.15. The molecule has 11 heavy (non-hydrogen) atoms. The van der Waals surface area contributed by atoms with E-state index in [2.05, 4.69) is 20.9 Å². The van der Waals surface area contributed by atoms with Crippen molar-refractivity contribution in [3.8, 4) is 5.88 Å². The molecule has 0 saturated heterocycles. The van der Waals surface area contributed by atoms with Crippen LogP contribution in [0.2, 0.25) is 0 Å². The van der Waals surface area contributed by atoms with Gasteiger partial charge in [0.2, 0.25) is 0 Å². The lowest BCUT2D eigenvalue weighted by Crippen LogP contribution is -1.89. The molecule has 1 heterocycles. The first-order chi connectivity index (χ1) is 5.11. The molecule has 0 fully saturated rings. The molecule has 0 aliphatic carbocycles. The molecule has 0 unspecified atom stereocenters. The fourth-order valence-electron chi connectivity index (χ4n) is 0.547. The van der Waals surface area contributed by atoms with E-state index in [0.29, 0.717) is 4.47 Å². The summed E-state index contributed by atoms with van der Waals surface area (Å²) in [5.41, 5.74) is -0.514. The maximum atomic E-state index is 10.6. The van der Waals surface area contributed by atoms with Gasteiger partial charge in [-0.15, -0.1) is 0 Å². The van der Waals surface area contributed by atoms with Gasteiger partial charge in [0.05, 0.1) is 4.92 Å². The highest BCUT2D eigenvalue weighted by Gasteiger charge is 2.15. The zero-order chi connectivity index (χ0) is 8.43. The van der Waals surface area contributed by atoms with Gasteiger partial charge in [-0.1, -0.05) is 0 Å². The Balaban J connectivity index is 3.23. The topological polar surface area (TPSA) is 75.9 Å². The van der Waals surface area contributed by atoms with Gasteiger partial charge in [0, 0.05) is 16.7 Å². The molecule has 0 N–H and O–H groups in total. The number of nitro groups is 1. The Hall–Kier alpha value is -1.17. The maximum absolute atomic E-state index is 10.6. The van der Waals surface area contributed by atoms with Crippen LogP contribution in [0.3, 0.4) is 0 Å². The Morgan fingerprint density at radius 3 is 2.73 bits per heavy atom. The number of pyridine rings is 1. The van der Waals surface area contributed by atoms with E-state index in [-0.39, 0.29) is 0 Å². The molecule has 5 nitrogen and oxygen atoms in total. The van der Waals surface area contributed by atoms with Crippen molar-refractivity contribution in [1.29, 1.82) is 0 Å². The van der Waals surface area contributed by atoms with Crippen molar-refractivity contribution in [3.05, 3.63) is 26.9 Å². The molecule has 0 bridgehead atoms. The minimum absolute atomic E-state index is 0.420. The third kappa shape index (κ3) is 1.64. The van der Waals surface area contributed by atoms with Crippen LogP contribution in [0.5, 0.6) is 5.88 Å². The summed E-state index contributed by atoms with van der Waals surface area (Å²) < 4.78 is 0.420. The molecule has 6 heteroatoms. The van der Waals surface area contributed by atoms with Gasteiger partial charge in [-0.3, -0.25) is 15.2 Å². The van der Waals surface area contributed by atoms with Crippen molar-refractivity contribution in [1.82, 2.24) is 4.98 Å². The smallest absolute Gasteiger partial charge is 0.259 e. The van der Waals surface area contributed by atoms with Crippen LogP contribution in [0.15, 0.2) is 16.7 Å². The molecule has 57 valence electrons. The van der Waals surface area contributed by atoms with Gasteiger partial charge in [-0.05, 0) is 15.9 Å². The molecule has 0 aliphatic heterocycles. The van der Waals surface area contributed by atoms with Crippen LogP contribution in [0.4, 0.5) is 5.69 Å². The molecule has 1 aromatic heterocycles. The molecule has 0 spiro atoms. The Morgan fingerprint density at radius 2 is 2.27 bits per heavy atom. The van der Waals surface area contributed by atoms with E-state index in [9.17, 15) is 15.2 Å². The second-order valence-corrected chi connectivity index (χ2v) is 2.65. The average Bonchev–Trinajstić information content (AvgIpc) is 1.94. The van der Waals surface area contributed by atoms with Crippen LogP contribution in [0.25, 0.3) is 0 Å². The van der Waals surface area contributed by atoms with E-state index in [0.717, 1.165) is 6.07 Å². The lowest BCUT2D eigenvalue weighted by atomic mass is 10.4. The minimum atomic E-state index is -0.821. The predicted octanol–water partition coefficient (Wildman–Crippen LogP) is 1.90. The number of halogens is 1. The monoisotopic (exact) mass is 217 g/mol. The van der Waals surface area contributed by atoms with Gasteiger partial charge < -0.3 is 0 Å². The lowest BCUT2D eigenvalue weighted by molar-refractivity contribution is -0.386. The maximum Gasteiger partial charge on any atom is 0.347 e. The summed E-state index contributed by atoms with van der Waals surface area (Å²) in [5.74, 6) is -0.821. The minimum Gasteiger partial charge on any atom is -0.259 e. The van der Waals surface area contributed by atoms with Crippen molar-refractivity contribution >= 4 is 21.6 Å². The first kappa shape index (κ1) is 7.93. The van der Waals surface area contributed by atoms with Crippen molar-refractivity contribution in [2.75, 3.05) is 0 Å². The molecule has 0 saturated carbocycles. The Kier molecular flexibility index (Phi) is 2.04. The molecule has 0 amide bonds. The summed E-state index contributed by atoms with van der Waals surface area (Å²) in [6.45, 7) is 0. The van der Waals surface area contributed by atoms with E-state index in [1.807, 2.05) is 0 Å². The third-order valence-corrected chi connectivity index (χ3v) is 1.43.